The molecule has 0 spiro atoms. The second-order valence-corrected chi connectivity index (χ2v) is 5.87. The number of hydrogen-bond donors (Lipinski definition) is 2. The summed E-state index contributed by atoms with van der Waals surface area (Å²) >= 11 is 6.17. The van der Waals surface area contributed by atoms with E-state index in [1.54, 1.807) is 7.11 Å². The largest absolute Gasteiger partial charge is 0.495 e. The lowest BCUT2D eigenvalue weighted by atomic mass is 10.0. The van der Waals surface area contributed by atoms with Crippen LogP contribution in [0.1, 0.15) is 31.4 Å². The Hall–Kier alpha value is -0.810. The zero-order chi connectivity index (χ0) is 14.6. The van der Waals surface area contributed by atoms with Crippen molar-refractivity contribution in [2.24, 2.45) is 5.73 Å². The maximum Gasteiger partial charge on any atom is 0.137 e. The summed E-state index contributed by atoms with van der Waals surface area (Å²) < 4.78 is 10.9. The summed E-state index contributed by atoms with van der Waals surface area (Å²) in [6.45, 7) is 4.29. The van der Waals surface area contributed by atoms with E-state index >= 15 is 0 Å². The molecule has 2 unspecified atom stereocenters. The van der Waals surface area contributed by atoms with Crippen molar-refractivity contribution in [2.75, 3.05) is 26.8 Å². The second-order valence-electron chi connectivity index (χ2n) is 5.47. The number of rotatable bonds is 6. The van der Waals surface area contributed by atoms with E-state index in [0.29, 0.717) is 17.3 Å². The molecule has 0 saturated carbocycles. The lowest BCUT2D eigenvalue weighted by Crippen LogP contribution is -2.41. The lowest BCUT2D eigenvalue weighted by molar-refractivity contribution is 0.0189. The van der Waals surface area contributed by atoms with Gasteiger partial charge in [0, 0.05) is 25.7 Å². The highest BCUT2D eigenvalue weighted by molar-refractivity contribution is 6.32. The third-order valence-electron chi connectivity index (χ3n) is 3.84. The van der Waals surface area contributed by atoms with Crippen molar-refractivity contribution in [3.8, 4) is 5.75 Å². The van der Waals surface area contributed by atoms with Crippen molar-refractivity contribution >= 4 is 11.6 Å². The van der Waals surface area contributed by atoms with Gasteiger partial charge in [0.2, 0.25) is 0 Å². The number of benzene rings is 1. The topological polar surface area (TPSA) is 56.5 Å². The van der Waals surface area contributed by atoms with Gasteiger partial charge in [0.25, 0.3) is 0 Å². The molecule has 112 valence electrons. The SMILES string of the molecule is COc1ccc(C(CN)NCC2(C)CCCO2)cc1Cl. The van der Waals surface area contributed by atoms with Crippen LogP contribution in [0.4, 0.5) is 0 Å². The van der Waals surface area contributed by atoms with Gasteiger partial charge in [-0.25, -0.2) is 0 Å². The first-order valence-corrected chi connectivity index (χ1v) is 7.36. The van der Waals surface area contributed by atoms with E-state index in [-0.39, 0.29) is 11.6 Å². The summed E-state index contributed by atoms with van der Waals surface area (Å²) in [5, 5.41) is 4.09. The predicted octanol–water partition coefficient (Wildman–Crippen LogP) is 2.51. The van der Waals surface area contributed by atoms with E-state index in [1.165, 1.54) is 0 Å². The minimum Gasteiger partial charge on any atom is -0.495 e. The van der Waals surface area contributed by atoms with Crippen molar-refractivity contribution in [1.82, 2.24) is 5.32 Å². The number of methoxy groups -OCH3 is 1. The molecule has 1 aromatic rings. The monoisotopic (exact) mass is 298 g/mol. The highest BCUT2D eigenvalue weighted by Crippen LogP contribution is 2.28. The fourth-order valence-corrected chi connectivity index (χ4v) is 2.82. The van der Waals surface area contributed by atoms with Gasteiger partial charge >= 0.3 is 0 Å². The summed E-state index contributed by atoms with van der Waals surface area (Å²) in [4.78, 5) is 0. The highest BCUT2D eigenvalue weighted by atomic mass is 35.5. The van der Waals surface area contributed by atoms with Crippen LogP contribution in [0, 0.1) is 0 Å². The Bertz CT molecular complexity index is 447. The summed E-state index contributed by atoms with van der Waals surface area (Å²) in [7, 11) is 1.61. The average Bonchev–Trinajstić information content (AvgIpc) is 2.87. The zero-order valence-electron chi connectivity index (χ0n) is 12.1. The van der Waals surface area contributed by atoms with Crippen molar-refractivity contribution in [3.05, 3.63) is 28.8 Å². The Morgan fingerprint density at radius 3 is 2.90 bits per heavy atom. The molecule has 5 heteroatoms. The molecule has 1 aliphatic rings. The Morgan fingerprint density at radius 2 is 2.35 bits per heavy atom. The summed E-state index contributed by atoms with van der Waals surface area (Å²) in [5.41, 5.74) is 6.87. The smallest absolute Gasteiger partial charge is 0.137 e. The molecule has 0 bridgehead atoms. The van der Waals surface area contributed by atoms with Crippen molar-refractivity contribution in [1.29, 1.82) is 0 Å². The number of ether oxygens (including phenoxy) is 2. The molecule has 1 saturated heterocycles. The standard InChI is InChI=1S/C15H23ClN2O2/c1-15(6-3-7-20-15)10-18-13(9-17)11-4-5-14(19-2)12(16)8-11/h4-5,8,13,18H,3,6-7,9-10,17H2,1-2H3. The zero-order valence-corrected chi connectivity index (χ0v) is 12.9. The van der Waals surface area contributed by atoms with Crippen LogP contribution < -0.4 is 15.8 Å². The molecule has 2 rings (SSSR count). The van der Waals surface area contributed by atoms with Gasteiger partial charge in [-0.15, -0.1) is 0 Å². The molecular formula is C15H23ClN2O2. The van der Waals surface area contributed by atoms with E-state index in [1.807, 2.05) is 18.2 Å². The van der Waals surface area contributed by atoms with Gasteiger partial charge in [0.1, 0.15) is 5.75 Å². The van der Waals surface area contributed by atoms with E-state index in [2.05, 4.69) is 12.2 Å². The Labute approximate surface area is 125 Å². The molecule has 0 aromatic heterocycles. The quantitative estimate of drug-likeness (QED) is 0.847. The number of nitrogens with two attached hydrogens (primary N) is 1. The molecule has 1 fully saturated rings. The second kappa shape index (κ2) is 6.76. The normalized spacial score (nSPS) is 23.8. The molecule has 0 aliphatic carbocycles. The fraction of sp³-hybridized carbons (Fsp3) is 0.600. The van der Waals surface area contributed by atoms with Gasteiger partial charge < -0.3 is 20.5 Å². The van der Waals surface area contributed by atoms with Crippen LogP contribution in [0.2, 0.25) is 5.02 Å². The first-order chi connectivity index (χ1) is 9.58. The van der Waals surface area contributed by atoms with Crippen LogP contribution in [0.5, 0.6) is 5.75 Å². The van der Waals surface area contributed by atoms with Crippen molar-refractivity contribution < 1.29 is 9.47 Å². The average molecular weight is 299 g/mol. The molecule has 1 heterocycles. The predicted molar refractivity (Wildman–Crippen MR) is 81.4 cm³/mol. The Balaban J connectivity index is 2.02. The molecule has 20 heavy (non-hydrogen) atoms. The molecule has 1 aromatic carbocycles. The third kappa shape index (κ3) is 3.64. The van der Waals surface area contributed by atoms with Crippen LogP contribution >= 0.6 is 11.6 Å². The van der Waals surface area contributed by atoms with Crippen LogP contribution in [0.15, 0.2) is 18.2 Å². The molecule has 4 nitrogen and oxygen atoms in total. The van der Waals surface area contributed by atoms with Gasteiger partial charge in [-0.1, -0.05) is 17.7 Å². The van der Waals surface area contributed by atoms with Crippen molar-refractivity contribution in [3.63, 3.8) is 0 Å². The molecular weight excluding hydrogens is 276 g/mol. The summed E-state index contributed by atoms with van der Waals surface area (Å²) in [6.07, 6.45) is 2.21. The molecule has 1 aliphatic heterocycles. The van der Waals surface area contributed by atoms with Crippen molar-refractivity contribution in [2.45, 2.75) is 31.4 Å². The maximum atomic E-state index is 6.17. The molecule has 3 N–H and O–H groups in total. The van der Waals surface area contributed by atoms with Crippen LogP contribution in [-0.2, 0) is 4.74 Å². The number of halogens is 1. The molecule has 0 amide bonds. The first-order valence-electron chi connectivity index (χ1n) is 6.99. The van der Waals surface area contributed by atoms with Gasteiger partial charge in [0.05, 0.1) is 17.7 Å². The van der Waals surface area contributed by atoms with E-state index < -0.39 is 0 Å². The maximum absolute atomic E-state index is 6.17. The Kier molecular flexibility index (Phi) is 5.27. The van der Waals surface area contributed by atoms with Crippen LogP contribution in [-0.4, -0.2) is 32.4 Å². The van der Waals surface area contributed by atoms with Crippen LogP contribution in [0.3, 0.4) is 0 Å². The van der Waals surface area contributed by atoms with Gasteiger partial charge in [-0.3, -0.25) is 0 Å². The minimum absolute atomic E-state index is 0.0689. The third-order valence-corrected chi connectivity index (χ3v) is 4.13. The number of nitrogens with one attached hydrogen (secondary N) is 1. The fourth-order valence-electron chi connectivity index (χ4n) is 2.55. The first kappa shape index (κ1) is 15.6. The van der Waals surface area contributed by atoms with E-state index in [0.717, 1.165) is 31.6 Å². The Morgan fingerprint density at radius 1 is 1.55 bits per heavy atom. The van der Waals surface area contributed by atoms with Gasteiger partial charge in [0.15, 0.2) is 0 Å². The number of hydrogen-bond acceptors (Lipinski definition) is 4. The van der Waals surface area contributed by atoms with Crippen LogP contribution in [0.25, 0.3) is 0 Å². The molecule has 0 radical (unpaired) electrons. The van der Waals surface area contributed by atoms with Gasteiger partial charge in [-0.05, 0) is 37.5 Å². The summed E-state index contributed by atoms with van der Waals surface area (Å²) in [5.74, 6) is 0.678. The molecule has 2 atom stereocenters. The van der Waals surface area contributed by atoms with Gasteiger partial charge in [-0.2, -0.15) is 0 Å². The minimum atomic E-state index is -0.0797. The lowest BCUT2D eigenvalue weighted by Gasteiger charge is -2.27. The highest BCUT2D eigenvalue weighted by Gasteiger charge is 2.30. The van der Waals surface area contributed by atoms with E-state index in [9.17, 15) is 0 Å². The van der Waals surface area contributed by atoms with E-state index in [4.69, 9.17) is 26.8 Å². The summed E-state index contributed by atoms with van der Waals surface area (Å²) in [6, 6.07) is 5.84.